The Morgan fingerprint density at radius 2 is 1.77 bits per heavy atom. The third-order valence-electron chi connectivity index (χ3n) is 9.49. The van der Waals surface area contributed by atoms with Gasteiger partial charge in [0, 0.05) is 82.7 Å². The number of carbonyl (C=O) groups excluding carboxylic acids is 3. The van der Waals surface area contributed by atoms with Crippen LogP contribution in [-0.4, -0.2) is 97.7 Å². The zero-order valence-electron chi connectivity index (χ0n) is 25.1. The molecule has 230 valence electrons. The number of halogens is 1. The van der Waals surface area contributed by atoms with E-state index in [2.05, 4.69) is 4.90 Å². The summed E-state index contributed by atoms with van der Waals surface area (Å²) in [6, 6.07) is 11.6. The van der Waals surface area contributed by atoms with E-state index in [4.69, 9.17) is 21.1 Å². The summed E-state index contributed by atoms with van der Waals surface area (Å²) in [6.45, 7) is 10.2. The maximum atomic E-state index is 13.4. The van der Waals surface area contributed by atoms with Crippen LogP contribution in [0.2, 0.25) is 5.02 Å². The highest BCUT2D eigenvalue weighted by Crippen LogP contribution is 2.35. The molecule has 10 heteroatoms. The van der Waals surface area contributed by atoms with E-state index in [1.54, 1.807) is 16.7 Å². The van der Waals surface area contributed by atoms with E-state index in [1.165, 1.54) is 0 Å². The van der Waals surface area contributed by atoms with Crippen molar-refractivity contribution in [1.29, 1.82) is 0 Å². The largest absolute Gasteiger partial charge is 0.492 e. The second kappa shape index (κ2) is 12.7. The molecular formula is C33H41ClN4O5. The van der Waals surface area contributed by atoms with Crippen LogP contribution in [0.15, 0.2) is 36.4 Å². The molecule has 0 bridgehead atoms. The molecule has 4 heterocycles. The van der Waals surface area contributed by atoms with Gasteiger partial charge in [0.15, 0.2) is 0 Å². The number of ether oxygens (including phenoxy) is 2. The number of fused-ring (bicyclic) bond motifs is 2. The molecule has 0 aromatic heterocycles. The monoisotopic (exact) mass is 608 g/mol. The molecule has 0 spiro atoms. The van der Waals surface area contributed by atoms with Crippen LogP contribution in [0, 0.1) is 18.8 Å². The van der Waals surface area contributed by atoms with Gasteiger partial charge in [0.1, 0.15) is 11.9 Å². The number of likely N-dealkylation sites (tertiary alicyclic amines) is 3. The highest BCUT2D eigenvalue weighted by atomic mass is 35.5. The lowest BCUT2D eigenvalue weighted by atomic mass is 10.0. The van der Waals surface area contributed by atoms with Gasteiger partial charge < -0.3 is 24.2 Å². The van der Waals surface area contributed by atoms with Gasteiger partial charge in [0.2, 0.25) is 5.91 Å². The Morgan fingerprint density at radius 3 is 2.47 bits per heavy atom. The van der Waals surface area contributed by atoms with E-state index in [-0.39, 0.29) is 24.0 Å². The third kappa shape index (κ3) is 6.48. The molecule has 0 saturated carbocycles. The number of carbonyl (C=O) groups is 3. The van der Waals surface area contributed by atoms with Crippen LogP contribution >= 0.6 is 11.6 Å². The van der Waals surface area contributed by atoms with Crippen molar-refractivity contribution in [1.82, 2.24) is 14.7 Å². The minimum Gasteiger partial charge on any atom is -0.492 e. The summed E-state index contributed by atoms with van der Waals surface area (Å²) in [7, 11) is 0. The molecule has 3 saturated heterocycles. The summed E-state index contributed by atoms with van der Waals surface area (Å²) < 4.78 is 11.7. The molecule has 0 N–H and O–H groups in total. The van der Waals surface area contributed by atoms with Crippen LogP contribution in [0.4, 0.5) is 10.5 Å². The number of anilines is 1. The summed E-state index contributed by atoms with van der Waals surface area (Å²) in [4.78, 5) is 46.4. The number of aryl methyl sites for hydroxylation is 1. The highest BCUT2D eigenvalue weighted by molar-refractivity contribution is 6.31. The van der Waals surface area contributed by atoms with E-state index < -0.39 is 0 Å². The Labute approximate surface area is 258 Å². The van der Waals surface area contributed by atoms with Gasteiger partial charge in [0.25, 0.3) is 5.91 Å². The van der Waals surface area contributed by atoms with Crippen molar-refractivity contribution in [3.63, 3.8) is 0 Å². The summed E-state index contributed by atoms with van der Waals surface area (Å²) >= 11 is 6.43. The SMILES string of the molecule is CC(=O)N1CCC(OC(=O)N(CCCN2CC3CN(C(=O)c4cccc5c4OCC5)CC3C2)c2ccc(C)c(Cl)c2)CC1. The van der Waals surface area contributed by atoms with Crippen molar-refractivity contribution in [2.75, 3.05) is 63.9 Å². The van der Waals surface area contributed by atoms with Crippen molar-refractivity contribution in [3.8, 4) is 5.75 Å². The molecule has 3 amide bonds. The van der Waals surface area contributed by atoms with Crippen LogP contribution in [0.25, 0.3) is 0 Å². The Morgan fingerprint density at radius 1 is 1.02 bits per heavy atom. The maximum Gasteiger partial charge on any atom is 0.414 e. The lowest BCUT2D eigenvalue weighted by molar-refractivity contribution is -0.130. The summed E-state index contributed by atoms with van der Waals surface area (Å²) in [6.07, 6.45) is 2.36. The van der Waals surface area contributed by atoms with E-state index in [9.17, 15) is 14.4 Å². The first-order chi connectivity index (χ1) is 20.8. The average molecular weight is 609 g/mol. The minimum absolute atomic E-state index is 0.0556. The van der Waals surface area contributed by atoms with E-state index in [0.717, 1.165) is 68.1 Å². The fraction of sp³-hybridized carbons (Fsp3) is 0.545. The van der Waals surface area contributed by atoms with Crippen molar-refractivity contribution < 1.29 is 23.9 Å². The molecule has 0 radical (unpaired) electrons. The van der Waals surface area contributed by atoms with Gasteiger partial charge in [-0.25, -0.2) is 4.79 Å². The molecule has 2 unspecified atom stereocenters. The zero-order valence-corrected chi connectivity index (χ0v) is 25.9. The van der Waals surface area contributed by atoms with Crippen molar-refractivity contribution >= 4 is 35.2 Å². The summed E-state index contributed by atoms with van der Waals surface area (Å²) in [5.74, 6) is 1.82. The van der Waals surface area contributed by atoms with E-state index in [0.29, 0.717) is 61.5 Å². The Bertz CT molecular complexity index is 1360. The normalized spacial score (nSPS) is 21.8. The molecule has 2 aromatic rings. The van der Waals surface area contributed by atoms with Gasteiger partial charge in [-0.05, 0) is 61.1 Å². The van der Waals surface area contributed by atoms with Crippen LogP contribution in [-0.2, 0) is 16.0 Å². The van der Waals surface area contributed by atoms with Crippen molar-refractivity contribution in [3.05, 3.63) is 58.1 Å². The van der Waals surface area contributed by atoms with Gasteiger partial charge in [0.05, 0.1) is 12.2 Å². The topological polar surface area (TPSA) is 82.6 Å². The number of hydrogen-bond acceptors (Lipinski definition) is 6. The van der Waals surface area contributed by atoms with Crippen molar-refractivity contribution in [2.24, 2.45) is 11.8 Å². The lowest BCUT2D eigenvalue weighted by Crippen LogP contribution is -2.43. The second-order valence-corrected chi connectivity index (χ2v) is 12.8. The zero-order chi connectivity index (χ0) is 30.1. The fourth-order valence-corrected chi connectivity index (χ4v) is 7.19. The first kappa shape index (κ1) is 29.8. The third-order valence-corrected chi connectivity index (χ3v) is 9.90. The van der Waals surface area contributed by atoms with Crippen LogP contribution in [0.3, 0.4) is 0 Å². The summed E-state index contributed by atoms with van der Waals surface area (Å²) in [5.41, 5.74) is 3.50. The molecule has 2 atom stereocenters. The fourth-order valence-electron chi connectivity index (χ4n) is 7.02. The Kier molecular flexibility index (Phi) is 8.82. The van der Waals surface area contributed by atoms with Gasteiger partial charge in [-0.15, -0.1) is 0 Å². The number of rotatable bonds is 7. The molecule has 3 fully saturated rings. The number of hydrogen-bond donors (Lipinski definition) is 0. The van der Waals surface area contributed by atoms with E-state index in [1.807, 2.05) is 48.2 Å². The second-order valence-electron chi connectivity index (χ2n) is 12.4. The minimum atomic E-state index is -0.370. The smallest absolute Gasteiger partial charge is 0.414 e. The number of amides is 3. The predicted octanol–water partition coefficient (Wildman–Crippen LogP) is 4.63. The van der Waals surface area contributed by atoms with Gasteiger partial charge in [-0.2, -0.15) is 0 Å². The number of piperidine rings is 1. The highest BCUT2D eigenvalue weighted by Gasteiger charge is 2.42. The molecular weight excluding hydrogens is 568 g/mol. The number of para-hydroxylation sites is 1. The molecule has 0 aliphatic carbocycles. The summed E-state index contributed by atoms with van der Waals surface area (Å²) in [5, 5.41) is 0.614. The molecule has 2 aromatic carbocycles. The van der Waals surface area contributed by atoms with Crippen LogP contribution in [0.1, 0.15) is 47.7 Å². The van der Waals surface area contributed by atoms with Gasteiger partial charge in [-0.1, -0.05) is 29.8 Å². The molecule has 9 nitrogen and oxygen atoms in total. The van der Waals surface area contributed by atoms with Crippen LogP contribution in [0.5, 0.6) is 5.75 Å². The maximum absolute atomic E-state index is 13.4. The average Bonchev–Trinajstić information content (AvgIpc) is 3.72. The van der Waals surface area contributed by atoms with Gasteiger partial charge in [-0.3, -0.25) is 14.5 Å². The Balaban J connectivity index is 1.02. The number of benzene rings is 2. The molecule has 43 heavy (non-hydrogen) atoms. The molecule has 4 aliphatic rings. The van der Waals surface area contributed by atoms with E-state index >= 15 is 0 Å². The van der Waals surface area contributed by atoms with Gasteiger partial charge >= 0.3 is 6.09 Å². The molecule has 4 aliphatic heterocycles. The quantitative estimate of drug-likeness (QED) is 0.456. The number of nitrogens with zero attached hydrogens (tertiary/aromatic N) is 4. The first-order valence-corrected chi connectivity index (χ1v) is 15.9. The first-order valence-electron chi connectivity index (χ1n) is 15.5. The molecule has 6 rings (SSSR count). The lowest BCUT2D eigenvalue weighted by Gasteiger charge is -2.32. The van der Waals surface area contributed by atoms with Crippen molar-refractivity contribution in [2.45, 2.75) is 45.6 Å². The standard InChI is InChI=1S/C33H41ClN4O5/c1-22-7-8-27(17-30(22)34)38(33(41)43-28-9-14-36(15-10-28)23(2)39)13-4-12-35-18-25-20-37(21-26(25)19-35)32(40)29-6-3-5-24-11-16-42-31(24)29/h3,5-8,17,25-26,28H,4,9-16,18-21H2,1-2H3. The predicted molar refractivity (Wildman–Crippen MR) is 165 cm³/mol. The Hall–Kier alpha value is -3.30. The van der Waals surface area contributed by atoms with Crippen LogP contribution < -0.4 is 9.64 Å².